The van der Waals surface area contributed by atoms with E-state index in [0.29, 0.717) is 46.6 Å². The number of aromatic nitrogens is 1. The molecular formula is C27H25FN2O4. The minimum Gasteiger partial charge on any atom is -0.493 e. The number of oxazole rings is 1. The van der Waals surface area contributed by atoms with Gasteiger partial charge in [0.1, 0.15) is 17.0 Å². The summed E-state index contributed by atoms with van der Waals surface area (Å²) in [5.41, 5.74) is 2.61. The Bertz CT molecular complexity index is 1350. The van der Waals surface area contributed by atoms with E-state index in [1.807, 2.05) is 37.3 Å². The number of fused-ring (bicyclic) bond motifs is 1. The van der Waals surface area contributed by atoms with Crippen molar-refractivity contribution in [3.63, 3.8) is 0 Å². The summed E-state index contributed by atoms with van der Waals surface area (Å²) >= 11 is 0. The number of hydrogen-bond donors (Lipinski definition) is 1. The van der Waals surface area contributed by atoms with E-state index in [2.05, 4.69) is 10.3 Å². The predicted octanol–water partition coefficient (Wildman–Crippen LogP) is 6.41. The summed E-state index contributed by atoms with van der Waals surface area (Å²) in [6, 6.07) is 17.2. The zero-order chi connectivity index (χ0) is 23.7. The Morgan fingerprint density at radius 1 is 1.15 bits per heavy atom. The molecule has 0 saturated heterocycles. The first-order valence-electron chi connectivity index (χ1n) is 11.3. The number of benzene rings is 3. The summed E-state index contributed by atoms with van der Waals surface area (Å²) < 4.78 is 32.3. The maximum atomic E-state index is 14.9. The van der Waals surface area contributed by atoms with Crippen molar-refractivity contribution in [1.82, 2.24) is 10.3 Å². The summed E-state index contributed by atoms with van der Waals surface area (Å²) in [6.45, 7) is 4.07. The van der Waals surface area contributed by atoms with E-state index >= 15 is 0 Å². The van der Waals surface area contributed by atoms with E-state index in [1.165, 1.54) is 25.8 Å². The highest BCUT2D eigenvalue weighted by Crippen LogP contribution is 2.33. The Hall–Kier alpha value is -3.87. The van der Waals surface area contributed by atoms with E-state index in [0.717, 1.165) is 5.56 Å². The Labute approximate surface area is 196 Å². The number of nitrogens with zero attached hydrogens (tertiary/aromatic N) is 1. The molecule has 0 bridgehead atoms. The fourth-order valence-electron chi connectivity index (χ4n) is 3.69. The van der Waals surface area contributed by atoms with Gasteiger partial charge in [-0.25, -0.2) is 9.37 Å². The van der Waals surface area contributed by atoms with Crippen molar-refractivity contribution < 1.29 is 23.1 Å². The normalized spacial score (nSPS) is 14.1. The Balaban J connectivity index is 1.33. The summed E-state index contributed by atoms with van der Waals surface area (Å²) in [7, 11) is 0. The van der Waals surface area contributed by atoms with Crippen molar-refractivity contribution in [2.24, 2.45) is 5.92 Å². The molecular weight excluding hydrogens is 435 g/mol. The van der Waals surface area contributed by atoms with Gasteiger partial charge in [-0.1, -0.05) is 12.1 Å². The van der Waals surface area contributed by atoms with Crippen LogP contribution in [0.2, 0.25) is 0 Å². The fraction of sp³-hybridized carbons (Fsp3) is 0.259. The molecule has 7 heteroatoms. The number of amides is 1. The molecule has 174 valence electrons. The minimum atomic E-state index is -0.524. The van der Waals surface area contributed by atoms with E-state index in [1.54, 1.807) is 24.3 Å². The van der Waals surface area contributed by atoms with Crippen molar-refractivity contribution in [3.05, 3.63) is 72.0 Å². The molecule has 3 aromatic carbocycles. The Morgan fingerprint density at radius 3 is 2.74 bits per heavy atom. The predicted molar refractivity (Wildman–Crippen MR) is 126 cm³/mol. The van der Waals surface area contributed by atoms with E-state index < -0.39 is 5.82 Å². The summed E-state index contributed by atoms with van der Waals surface area (Å²) in [5.74, 6) is 1.63. The highest BCUT2D eigenvalue weighted by atomic mass is 19.1. The Kier molecular flexibility index (Phi) is 5.92. The molecule has 1 aliphatic carbocycles. The number of carbonyl (C=O) groups is 1. The van der Waals surface area contributed by atoms with E-state index in [4.69, 9.17) is 13.9 Å². The Morgan fingerprint density at radius 2 is 1.97 bits per heavy atom. The molecule has 6 nitrogen and oxygen atoms in total. The number of ether oxygens (including phenoxy) is 2. The summed E-state index contributed by atoms with van der Waals surface area (Å²) in [4.78, 5) is 15.8. The van der Waals surface area contributed by atoms with Crippen LogP contribution in [0.1, 0.15) is 38.3 Å². The molecule has 34 heavy (non-hydrogen) atoms. The van der Waals surface area contributed by atoms with Gasteiger partial charge in [-0.2, -0.15) is 0 Å². The number of halogens is 1. The topological polar surface area (TPSA) is 73.6 Å². The van der Waals surface area contributed by atoms with Crippen LogP contribution in [-0.2, 0) is 4.79 Å². The lowest BCUT2D eigenvalue weighted by molar-refractivity contribution is -0.119. The SMILES string of the molecule is CC(=O)NC(C)c1ccc2nc(-c3ccc(Oc4cccc(OCC5CC5)c4)c(F)c3)oc2c1. The zero-order valence-corrected chi connectivity index (χ0v) is 19.0. The smallest absolute Gasteiger partial charge is 0.227 e. The standard InChI is InChI=1S/C27H25FN2O4/c1-16(29-17(2)31)19-8-10-24-26(13-19)34-27(30-24)20-9-11-25(23(28)12-20)33-22-5-3-4-21(14-22)32-15-18-6-7-18/h3-5,8-14,16,18H,6-7,15H2,1-2H3,(H,29,31). The zero-order valence-electron chi connectivity index (χ0n) is 19.0. The quantitative estimate of drug-likeness (QED) is 0.329. The van der Waals surface area contributed by atoms with Gasteiger partial charge in [0.05, 0.1) is 12.6 Å². The van der Waals surface area contributed by atoms with Crippen molar-refractivity contribution in [2.75, 3.05) is 6.61 Å². The molecule has 0 spiro atoms. The van der Waals surface area contributed by atoms with Crippen molar-refractivity contribution in [3.8, 4) is 28.7 Å². The van der Waals surface area contributed by atoms with Crippen LogP contribution >= 0.6 is 0 Å². The monoisotopic (exact) mass is 460 g/mol. The van der Waals surface area contributed by atoms with Gasteiger partial charge >= 0.3 is 0 Å². The molecule has 1 amide bonds. The number of nitrogens with one attached hydrogen (secondary N) is 1. The molecule has 0 aliphatic heterocycles. The summed E-state index contributed by atoms with van der Waals surface area (Å²) in [5, 5.41) is 2.84. The number of hydrogen-bond acceptors (Lipinski definition) is 5. The van der Waals surface area contributed by atoms with Crippen LogP contribution in [0, 0.1) is 11.7 Å². The molecule has 1 N–H and O–H groups in total. The lowest BCUT2D eigenvalue weighted by Crippen LogP contribution is -2.23. The number of rotatable bonds is 8. The first-order valence-corrected chi connectivity index (χ1v) is 11.3. The molecule has 4 aromatic rings. The second-order valence-corrected chi connectivity index (χ2v) is 8.64. The number of carbonyl (C=O) groups excluding carboxylic acids is 1. The average Bonchev–Trinajstić information content (AvgIpc) is 3.55. The van der Waals surface area contributed by atoms with Crippen LogP contribution in [0.25, 0.3) is 22.6 Å². The molecule has 1 atom stereocenters. The molecule has 1 heterocycles. The molecule has 1 fully saturated rings. The average molecular weight is 461 g/mol. The van der Waals surface area contributed by atoms with Crippen LogP contribution in [0.5, 0.6) is 17.2 Å². The maximum absolute atomic E-state index is 14.9. The highest BCUT2D eigenvalue weighted by Gasteiger charge is 2.22. The fourth-order valence-corrected chi connectivity index (χ4v) is 3.69. The van der Waals surface area contributed by atoms with Crippen LogP contribution in [-0.4, -0.2) is 17.5 Å². The van der Waals surface area contributed by atoms with Gasteiger partial charge in [0.25, 0.3) is 0 Å². The van der Waals surface area contributed by atoms with Crippen LogP contribution in [0.15, 0.2) is 65.1 Å². The third kappa shape index (κ3) is 5.03. The molecule has 0 radical (unpaired) electrons. The van der Waals surface area contributed by atoms with Crippen molar-refractivity contribution in [1.29, 1.82) is 0 Å². The van der Waals surface area contributed by atoms with Crippen molar-refractivity contribution >= 4 is 17.0 Å². The molecule has 1 aromatic heterocycles. The largest absolute Gasteiger partial charge is 0.493 e. The van der Waals surface area contributed by atoms with Gasteiger partial charge < -0.3 is 19.2 Å². The van der Waals surface area contributed by atoms with Crippen LogP contribution in [0.3, 0.4) is 0 Å². The second kappa shape index (κ2) is 9.17. The summed E-state index contributed by atoms with van der Waals surface area (Å²) in [6.07, 6.45) is 2.43. The molecule has 1 saturated carbocycles. The van der Waals surface area contributed by atoms with Gasteiger partial charge in [-0.15, -0.1) is 0 Å². The van der Waals surface area contributed by atoms with E-state index in [9.17, 15) is 9.18 Å². The van der Waals surface area contributed by atoms with Gasteiger partial charge in [-0.3, -0.25) is 4.79 Å². The van der Waals surface area contributed by atoms with Gasteiger partial charge in [-0.05, 0) is 73.7 Å². The van der Waals surface area contributed by atoms with Crippen LogP contribution in [0.4, 0.5) is 4.39 Å². The first-order chi connectivity index (χ1) is 16.4. The van der Waals surface area contributed by atoms with Gasteiger partial charge in [0.2, 0.25) is 11.8 Å². The molecule has 1 aliphatic rings. The maximum Gasteiger partial charge on any atom is 0.227 e. The van der Waals surface area contributed by atoms with Crippen LogP contribution < -0.4 is 14.8 Å². The third-order valence-corrected chi connectivity index (χ3v) is 5.73. The molecule has 1 unspecified atom stereocenters. The van der Waals surface area contributed by atoms with Crippen molar-refractivity contribution in [2.45, 2.75) is 32.7 Å². The third-order valence-electron chi connectivity index (χ3n) is 5.73. The van der Waals surface area contributed by atoms with Gasteiger partial charge in [0, 0.05) is 18.6 Å². The highest BCUT2D eigenvalue weighted by molar-refractivity contribution is 5.78. The lowest BCUT2D eigenvalue weighted by atomic mass is 10.1. The first kappa shape index (κ1) is 21.9. The lowest BCUT2D eigenvalue weighted by Gasteiger charge is -2.12. The second-order valence-electron chi connectivity index (χ2n) is 8.64. The van der Waals surface area contributed by atoms with Gasteiger partial charge in [0.15, 0.2) is 17.1 Å². The molecule has 5 rings (SSSR count). The van der Waals surface area contributed by atoms with E-state index in [-0.39, 0.29) is 17.7 Å². The minimum absolute atomic E-state index is 0.102.